The number of hydrogen-bond acceptors (Lipinski definition) is 3. The first-order chi connectivity index (χ1) is 8.97. The van der Waals surface area contributed by atoms with Gasteiger partial charge in [-0.2, -0.15) is 13.2 Å². The van der Waals surface area contributed by atoms with Crippen LogP contribution in [-0.4, -0.2) is 10.8 Å². The Kier molecular flexibility index (Phi) is 4.60. The van der Waals surface area contributed by atoms with Crippen LogP contribution in [0.1, 0.15) is 59.6 Å². The Morgan fingerprint density at radius 2 is 2.00 bits per heavy atom. The number of Topliss-reactive ketones (excluding diaryl/α,β-unsaturated/α-hetero) is 1. The summed E-state index contributed by atoms with van der Waals surface area (Å²) in [5.41, 5.74) is 0. The van der Waals surface area contributed by atoms with E-state index in [-0.39, 0.29) is 10.7 Å². The van der Waals surface area contributed by atoms with E-state index in [4.69, 9.17) is 0 Å². The first kappa shape index (κ1) is 14.5. The van der Waals surface area contributed by atoms with Crippen molar-refractivity contribution in [3.05, 3.63) is 16.1 Å². The Labute approximate surface area is 114 Å². The van der Waals surface area contributed by atoms with E-state index >= 15 is 0 Å². The van der Waals surface area contributed by atoms with E-state index in [0.29, 0.717) is 23.7 Å². The van der Waals surface area contributed by atoms with Crippen LogP contribution in [0.4, 0.5) is 13.2 Å². The van der Waals surface area contributed by atoms with Crippen molar-refractivity contribution in [1.82, 2.24) is 4.98 Å². The van der Waals surface area contributed by atoms with E-state index < -0.39 is 11.2 Å². The third-order valence-electron chi connectivity index (χ3n) is 3.53. The van der Waals surface area contributed by atoms with Crippen LogP contribution < -0.4 is 0 Å². The largest absolute Gasteiger partial charge is 0.443 e. The van der Waals surface area contributed by atoms with Crippen molar-refractivity contribution in [3.63, 3.8) is 0 Å². The van der Waals surface area contributed by atoms with Gasteiger partial charge in [-0.3, -0.25) is 4.79 Å². The number of nitrogens with zero attached hydrogens (tertiary/aromatic N) is 1. The van der Waals surface area contributed by atoms with E-state index in [9.17, 15) is 18.0 Å². The molecule has 0 unspecified atom stereocenters. The highest BCUT2D eigenvalue weighted by Gasteiger charge is 2.35. The van der Waals surface area contributed by atoms with Gasteiger partial charge in [0.05, 0.1) is 4.88 Å². The highest BCUT2D eigenvalue weighted by atomic mass is 32.1. The maximum absolute atomic E-state index is 12.4. The van der Waals surface area contributed by atoms with Crippen molar-refractivity contribution in [2.75, 3.05) is 0 Å². The molecule has 6 heteroatoms. The molecule has 0 aliphatic heterocycles. The molecule has 1 fully saturated rings. The number of carbonyl (C=O) groups is 1. The summed E-state index contributed by atoms with van der Waals surface area (Å²) in [7, 11) is 0. The molecule has 19 heavy (non-hydrogen) atoms. The molecule has 0 amide bonds. The third-order valence-corrected chi connectivity index (χ3v) is 4.61. The predicted octanol–water partition coefficient (Wildman–Crippen LogP) is 4.71. The summed E-state index contributed by atoms with van der Waals surface area (Å²) in [5, 5.41) is -0.937. The molecule has 1 aliphatic rings. The molecule has 1 aromatic rings. The normalized spacial score (nSPS) is 17.6. The maximum Gasteiger partial charge on any atom is 0.443 e. The Hall–Kier alpha value is -0.910. The molecular formula is C13H16F3NOS. The van der Waals surface area contributed by atoms with E-state index in [2.05, 4.69) is 4.98 Å². The van der Waals surface area contributed by atoms with Gasteiger partial charge >= 0.3 is 6.18 Å². The topological polar surface area (TPSA) is 30.0 Å². The minimum absolute atomic E-state index is 0.128. The molecule has 0 radical (unpaired) electrons. The zero-order valence-electron chi connectivity index (χ0n) is 10.5. The van der Waals surface area contributed by atoms with E-state index in [0.717, 1.165) is 25.5 Å². The third kappa shape index (κ3) is 4.03. The summed E-state index contributed by atoms with van der Waals surface area (Å²) in [4.78, 5) is 15.2. The second kappa shape index (κ2) is 6.03. The summed E-state index contributed by atoms with van der Waals surface area (Å²) in [5.74, 6) is 0.353. The van der Waals surface area contributed by atoms with Gasteiger partial charge in [0.25, 0.3) is 0 Å². The number of carbonyl (C=O) groups excluding carboxylic acids is 1. The zero-order chi connectivity index (χ0) is 13.9. The van der Waals surface area contributed by atoms with E-state index in [1.807, 2.05) is 0 Å². The Morgan fingerprint density at radius 3 is 2.58 bits per heavy atom. The minimum atomic E-state index is -4.45. The second-order valence-corrected chi connectivity index (χ2v) is 6.02. The van der Waals surface area contributed by atoms with Gasteiger partial charge in [-0.05, 0) is 12.3 Å². The molecule has 0 N–H and O–H groups in total. The van der Waals surface area contributed by atoms with Gasteiger partial charge in [-0.1, -0.05) is 32.1 Å². The summed E-state index contributed by atoms with van der Waals surface area (Å²) in [6.07, 6.45) is 3.68. The molecule has 0 saturated heterocycles. The van der Waals surface area contributed by atoms with Gasteiger partial charge in [0.2, 0.25) is 0 Å². The molecule has 1 aromatic heterocycles. The minimum Gasteiger partial charge on any atom is -0.293 e. The highest BCUT2D eigenvalue weighted by molar-refractivity contribution is 7.13. The van der Waals surface area contributed by atoms with Crippen LogP contribution >= 0.6 is 11.3 Å². The summed E-state index contributed by atoms with van der Waals surface area (Å²) in [6.45, 7) is 0. The monoisotopic (exact) mass is 291 g/mol. The summed E-state index contributed by atoms with van der Waals surface area (Å²) in [6, 6.07) is 0. The molecule has 1 aliphatic carbocycles. The molecule has 0 atom stereocenters. The molecule has 2 rings (SSSR count). The molecule has 1 heterocycles. The number of halogens is 3. The number of aromatic nitrogens is 1. The quantitative estimate of drug-likeness (QED) is 0.752. The van der Waals surface area contributed by atoms with Crippen molar-refractivity contribution >= 4 is 17.1 Å². The fraction of sp³-hybridized carbons (Fsp3) is 0.692. The molecule has 106 valence electrons. The fourth-order valence-corrected chi connectivity index (χ4v) is 3.22. The first-order valence-electron chi connectivity index (χ1n) is 6.53. The lowest BCUT2D eigenvalue weighted by atomic mass is 9.85. The fourth-order valence-electron chi connectivity index (χ4n) is 2.47. The molecule has 1 saturated carbocycles. The van der Waals surface area contributed by atoms with Crippen LogP contribution in [0.25, 0.3) is 0 Å². The molecule has 0 bridgehead atoms. The summed E-state index contributed by atoms with van der Waals surface area (Å²) < 4.78 is 37.1. The first-order valence-corrected chi connectivity index (χ1v) is 7.34. The summed E-state index contributed by atoms with van der Waals surface area (Å²) >= 11 is 0.449. The van der Waals surface area contributed by atoms with Crippen LogP contribution in [0.5, 0.6) is 0 Å². The molecular weight excluding hydrogens is 275 g/mol. The van der Waals surface area contributed by atoms with Crippen LogP contribution in [0.3, 0.4) is 0 Å². The van der Waals surface area contributed by atoms with Crippen molar-refractivity contribution in [2.24, 2.45) is 5.92 Å². The van der Waals surface area contributed by atoms with Gasteiger partial charge in [0, 0.05) is 12.6 Å². The number of hydrogen-bond donors (Lipinski definition) is 0. The standard InChI is InChI=1S/C13H16F3NOS/c14-13(15,16)12-17-8-11(19-12)10(18)7-6-9-4-2-1-3-5-9/h8-9H,1-7H2. The smallest absolute Gasteiger partial charge is 0.293 e. The van der Waals surface area contributed by atoms with Crippen LogP contribution in [-0.2, 0) is 6.18 Å². The van der Waals surface area contributed by atoms with Crippen molar-refractivity contribution in [2.45, 2.75) is 51.1 Å². The lowest BCUT2D eigenvalue weighted by Gasteiger charge is -2.20. The van der Waals surface area contributed by atoms with Crippen LogP contribution in [0, 0.1) is 5.92 Å². The SMILES string of the molecule is O=C(CCC1CCCCC1)c1cnc(C(F)(F)F)s1. The molecule has 0 spiro atoms. The predicted molar refractivity (Wildman–Crippen MR) is 67.3 cm³/mol. The van der Waals surface area contributed by atoms with Crippen molar-refractivity contribution in [3.8, 4) is 0 Å². The van der Waals surface area contributed by atoms with Crippen LogP contribution in [0.15, 0.2) is 6.20 Å². The van der Waals surface area contributed by atoms with Crippen molar-refractivity contribution in [1.29, 1.82) is 0 Å². The number of rotatable bonds is 4. The Bertz CT molecular complexity index is 435. The second-order valence-electron chi connectivity index (χ2n) is 4.99. The maximum atomic E-state index is 12.4. The van der Waals surface area contributed by atoms with Crippen molar-refractivity contribution < 1.29 is 18.0 Å². The average molecular weight is 291 g/mol. The van der Waals surface area contributed by atoms with Gasteiger partial charge < -0.3 is 0 Å². The Morgan fingerprint density at radius 1 is 1.32 bits per heavy atom. The van der Waals surface area contributed by atoms with Gasteiger partial charge in [-0.25, -0.2) is 4.98 Å². The molecule has 2 nitrogen and oxygen atoms in total. The van der Waals surface area contributed by atoms with Gasteiger partial charge in [-0.15, -0.1) is 11.3 Å². The molecule has 0 aromatic carbocycles. The van der Waals surface area contributed by atoms with E-state index in [1.54, 1.807) is 0 Å². The number of ketones is 1. The van der Waals surface area contributed by atoms with Gasteiger partial charge in [0.1, 0.15) is 0 Å². The zero-order valence-corrected chi connectivity index (χ0v) is 11.3. The number of alkyl halides is 3. The number of thiazole rings is 1. The van der Waals surface area contributed by atoms with E-state index in [1.165, 1.54) is 19.3 Å². The highest BCUT2D eigenvalue weighted by Crippen LogP contribution is 2.33. The average Bonchev–Trinajstić information content (AvgIpc) is 2.87. The lowest BCUT2D eigenvalue weighted by Crippen LogP contribution is -2.08. The van der Waals surface area contributed by atoms with Gasteiger partial charge in [0.15, 0.2) is 10.8 Å². The van der Waals surface area contributed by atoms with Crippen LogP contribution in [0.2, 0.25) is 0 Å². The lowest BCUT2D eigenvalue weighted by molar-refractivity contribution is -0.137. The Balaban J connectivity index is 1.87.